The van der Waals surface area contributed by atoms with Gasteiger partial charge in [-0.05, 0) is 43.6 Å². The van der Waals surface area contributed by atoms with E-state index in [2.05, 4.69) is 21.9 Å². The molecule has 2 aliphatic heterocycles. The number of aryl methyl sites for hydroxylation is 1. The molecule has 0 radical (unpaired) electrons. The van der Waals surface area contributed by atoms with Gasteiger partial charge in [-0.2, -0.15) is 0 Å². The van der Waals surface area contributed by atoms with Crippen LogP contribution in [0.1, 0.15) is 50.5 Å². The van der Waals surface area contributed by atoms with Gasteiger partial charge in [0.05, 0.1) is 6.04 Å². The van der Waals surface area contributed by atoms with E-state index in [1.165, 1.54) is 31.2 Å². The van der Waals surface area contributed by atoms with E-state index >= 15 is 0 Å². The summed E-state index contributed by atoms with van der Waals surface area (Å²) in [6.45, 7) is 5.03. The van der Waals surface area contributed by atoms with E-state index in [1.54, 1.807) is 0 Å². The van der Waals surface area contributed by atoms with Crippen LogP contribution in [-0.4, -0.2) is 71.8 Å². The third kappa shape index (κ3) is 5.00. The maximum atomic E-state index is 13.3. The summed E-state index contributed by atoms with van der Waals surface area (Å²) in [5, 5.41) is 0. The SMILES string of the molecule is O=C(CCc1ccccc1)N1CCN([C@@H](C(=O)N2CCCC2)C2CCCC2)CC1. The Bertz CT molecular complexity index is 673. The van der Waals surface area contributed by atoms with Crippen molar-refractivity contribution in [2.24, 2.45) is 5.92 Å². The summed E-state index contributed by atoms with van der Waals surface area (Å²) >= 11 is 0. The molecule has 5 nitrogen and oxygen atoms in total. The van der Waals surface area contributed by atoms with E-state index in [0.717, 1.165) is 58.5 Å². The van der Waals surface area contributed by atoms with Crippen molar-refractivity contribution in [1.82, 2.24) is 14.7 Å². The monoisotopic (exact) mass is 397 g/mol. The maximum Gasteiger partial charge on any atom is 0.240 e. The molecule has 0 bridgehead atoms. The van der Waals surface area contributed by atoms with Crippen LogP contribution in [0, 0.1) is 5.92 Å². The number of likely N-dealkylation sites (tertiary alicyclic amines) is 1. The van der Waals surface area contributed by atoms with E-state index in [-0.39, 0.29) is 11.9 Å². The van der Waals surface area contributed by atoms with E-state index in [0.29, 0.717) is 18.2 Å². The molecule has 2 heterocycles. The van der Waals surface area contributed by atoms with Crippen molar-refractivity contribution in [2.45, 2.75) is 57.4 Å². The zero-order valence-corrected chi connectivity index (χ0v) is 17.6. The van der Waals surface area contributed by atoms with Gasteiger partial charge in [-0.25, -0.2) is 0 Å². The molecule has 1 aliphatic carbocycles. The highest BCUT2D eigenvalue weighted by molar-refractivity contribution is 5.82. The smallest absolute Gasteiger partial charge is 0.240 e. The van der Waals surface area contributed by atoms with Crippen molar-refractivity contribution < 1.29 is 9.59 Å². The zero-order chi connectivity index (χ0) is 20.1. The van der Waals surface area contributed by atoms with Gasteiger partial charge in [0.2, 0.25) is 11.8 Å². The lowest BCUT2D eigenvalue weighted by molar-refractivity contribution is -0.140. The minimum absolute atomic E-state index is 0.0390. The molecule has 0 N–H and O–H groups in total. The molecule has 1 aromatic rings. The van der Waals surface area contributed by atoms with E-state index < -0.39 is 0 Å². The first-order valence-electron chi connectivity index (χ1n) is 11.6. The number of carbonyl (C=O) groups excluding carboxylic acids is 2. The third-order valence-corrected chi connectivity index (χ3v) is 7.05. The van der Waals surface area contributed by atoms with Crippen LogP contribution in [0.25, 0.3) is 0 Å². The van der Waals surface area contributed by atoms with Gasteiger partial charge in [0.15, 0.2) is 0 Å². The van der Waals surface area contributed by atoms with Gasteiger partial charge >= 0.3 is 0 Å². The van der Waals surface area contributed by atoms with Crippen LogP contribution in [-0.2, 0) is 16.0 Å². The fourth-order valence-electron chi connectivity index (χ4n) is 5.36. The van der Waals surface area contributed by atoms with Gasteiger partial charge in [0.1, 0.15) is 0 Å². The number of amides is 2. The number of nitrogens with zero attached hydrogens (tertiary/aromatic N) is 3. The van der Waals surface area contributed by atoms with E-state index in [1.807, 2.05) is 23.1 Å². The minimum atomic E-state index is 0.0390. The summed E-state index contributed by atoms with van der Waals surface area (Å²) in [5.41, 5.74) is 1.22. The highest BCUT2D eigenvalue weighted by Crippen LogP contribution is 2.32. The van der Waals surface area contributed by atoms with Gasteiger partial charge in [0.25, 0.3) is 0 Å². The molecule has 1 saturated carbocycles. The van der Waals surface area contributed by atoms with Gasteiger partial charge < -0.3 is 9.80 Å². The molecule has 0 unspecified atom stereocenters. The van der Waals surface area contributed by atoms with Gasteiger partial charge in [-0.3, -0.25) is 14.5 Å². The Balaban J connectivity index is 1.32. The Morgan fingerprint density at radius 3 is 2.14 bits per heavy atom. The molecule has 158 valence electrons. The quantitative estimate of drug-likeness (QED) is 0.741. The van der Waals surface area contributed by atoms with Crippen molar-refractivity contribution in [2.75, 3.05) is 39.3 Å². The first-order valence-corrected chi connectivity index (χ1v) is 11.6. The fraction of sp³-hybridized carbons (Fsp3) is 0.667. The van der Waals surface area contributed by atoms with Crippen LogP contribution in [0.5, 0.6) is 0 Å². The van der Waals surface area contributed by atoms with Gasteiger partial charge in [0, 0.05) is 45.7 Å². The highest BCUT2D eigenvalue weighted by atomic mass is 16.2. The Kier molecular flexibility index (Phi) is 6.86. The molecular weight excluding hydrogens is 362 g/mol. The second kappa shape index (κ2) is 9.75. The van der Waals surface area contributed by atoms with Crippen molar-refractivity contribution in [1.29, 1.82) is 0 Å². The van der Waals surface area contributed by atoms with Gasteiger partial charge in [-0.15, -0.1) is 0 Å². The lowest BCUT2D eigenvalue weighted by Gasteiger charge is -2.42. The Morgan fingerprint density at radius 1 is 0.828 bits per heavy atom. The number of benzene rings is 1. The third-order valence-electron chi connectivity index (χ3n) is 7.05. The average Bonchev–Trinajstić information content (AvgIpc) is 3.48. The molecule has 3 fully saturated rings. The average molecular weight is 398 g/mol. The Labute approximate surface area is 175 Å². The number of hydrogen-bond acceptors (Lipinski definition) is 3. The van der Waals surface area contributed by atoms with Crippen LogP contribution < -0.4 is 0 Å². The predicted molar refractivity (Wildman–Crippen MR) is 114 cm³/mol. The summed E-state index contributed by atoms with van der Waals surface area (Å²) in [5.74, 6) is 1.11. The maximum absolute atomic E-state index is 13.3. The van der Waals surface area contributed by atoms with E-state index in [9.17, 15) is 9.59 Å². The predicted octanol–water partition coefficient (Wildman–Crippen LogP) is 2.94. The fourth-order valence-corrected chi connectivity index (χ4v) is 5.36. The van der Waals surface area contributed by atoms with Crippen LogP contribution in [0.3, 0.4) is 0 Å². The topological polar surface area (TPSA) is 43.9 Å². The molecule has 1 aromatic carbocycles. The Hall–Kier alpha value is -1.88. The van der Waals surface area contributed by atoms with Crippen LogP contribution in [0.2, 0.25) is 0 Å². The molecule has 29 heavy (non-hydrogen) atoms. The summed E-state index contributed by atoms with van der Waals surface area (Å²) in [7, 11) is 0. The van der Waals surface area contributed by atoms with Crippen molar-refractivity contribution in [3.63, 3.8) is 0 Å². The number of piperazine rings is 1. The van der Waals surface area contributed by atoms with Crippen LogP contribution in [0.15, 0.2) is 30.3 Å². The molecule has 2 saturated heterocycles. The lowest BCUT2D eigenvalue weighted by atomic mass is 9.94. The number of hydrogen-bond donors (Lipinski definition) is 0. The first-order chi connectivity index (χ1) is 14.2. The zero-order valence-electron chi connectivity index (χ0n) is 17.6. The number of rotatable bonds is 6. The molecule has 0 spiro atoms. The lowest BCUT2D eigenvalue weighted by Crippen LogP contribution is -2.58. The van der Waals surface area contributed by atoms with E-state index in [4.69, 9.17) is 0 Å². The summed E-state index contributed by atoms with van der Waals surface area (Å²) < 4.78 is 0. The molecule has 3 aliphatic rings. The van der Waals surface area contributed by atoms with Crippen LogP contribution >= 0.6 is 0 Å². The normalized spacial score (nSPS) is 22.2. The second-order valence-electron chi connectivity index (χ2n) is 8.92. The molecule has 2 amide bonds. The van der Waals surface area contributed by atoms with Crippen molar-refractivity contribution in [3.05, 3.63) is 35.9 Å². The summed E-state index contributed by atoms with van der Waals surface area (Å²) in [6, 6.07) is 10.3. The second-order valence-corrected chi connectivity index (χ2v) is 8.92. The molecule has 4 rings (SSSR count). The van der Waals surface area contributed by atoms with Gasteiger partial charge in [-0.1, -0.05) is 43.2 Å². The van der Waals surface area contributed by atoms with Crippen molar-refractivity contribution >= 4 is 11.8 Å². The highest BCUT2D eigenvalue weighted by Gasteiger charge is 2.39. The summed E-state index contributed by atoms with van der Waals surface area (Å²) in [4.78, 5) is 32.5. The first kappa shape index (κ1) is 20.4. The standard InChI is InChI=1S/C24H35N3O2/c28-22(13-12-20-8-2-1-3-9-20)25-16-18-26(19-17-25)23(21-10-4-5-11-21)24(29)27-14-6-7-15-27/h1-3,8-9,21,23H,4-7,10-19H2/t23-/m1/s1. The number of carbonyl (C=O) groups is 2. The van der Waals surface area contributed by atoms with Crippen LogP contribution in [0.4, 0.5) is 0 Å². The molecule has 1 atom stereocenters. The minimum Gasteiger partial charge on any atom is -0.341 e. The van der Waals surface area contributed by atoms with Crippen molar-refractivity contribution in [3.8, 4) is 0 Å². The largest absolute Gasteiger partial charge is 0.341 e. The molecule has 5 heteroatoms. The molecular formula is C24H35N3O2. The molecule has 0 aromatic heterocycles. The Morgan fingerprint density at radius 2 is 1.48 bits per heavy atom. The summed E-state index contributed by atoms with van der Waals surface area (Å²) in [6.07, 6.45) is 8.54.